The zero-order chi connectivity index (χ0) is 18.9. The Morgan fingerprint density at radius 3 is 2.89 bits per heavy atom. The molecule has 5 nitrogen and oxygen atoms in total. The number of nitrogens with zero attached hydrogens (tertiary/aromatic N) is 2. The average Bonchev–Trinajstić information content (AvgIpc) is 3.10. The summed E-state index contributed by atoms with van der Waals surface area (Å²) in [7, 11) is 0. The van der Waals surface area contributed by atoms with E-state index in [1.807, 2.05) is 37.4 Å². The molecule has 1 atom stereocenters. The van der Waals surface area contributed by atoms with E-state index in [-0.39, 0.29) is 11.9 Å². The Labute approximate surface area is 159 Å². The largest absolute Gasteiger partial charge is 0.378 e. The van der Waals surface area contributed by atoms with Gasteiger partial charge in [-0.25, -0.2) is 9.97 Å². The van der Waals surface area contributed by atoms with Crippen molar-refractivity contribution in [3.8, 4) is 23.0 Å². The molecule has 0 amide bonds. The van der Waals surface area contributed by atoms with E-state index in [9.17, 15) is 5.11 Å². The van der Waals surface area contributed by atoms with Crippen molar-refractivity contribution < 1.29 is 5.11 Å². The molecule has 4 N–H and O–H groups in total. The summed E-state index contributed by atoms with van der Waals surface area (Å²) in [4.78, 5) is 11.5. The van der Waals surface area contributed by atoms with Crippen LogP contribution >= 0.6 is 0 Å². The number of anilines is 1. The second kappa shape index (κ2) is 7.05. The first-order valence-corrected chi connectivity index (χ1v) is 9.48. The number of rotatable bonds is 2. The van der Waals surface area contributed by atoms with Crippen LogP contribution in [0, 0.1) is 17.8 Å². The van der Waals surface area contributed by atoms with Crippen LogP contribution in [0.5, 0.6) is 0 Å². The number of benzene rings is 1. The molecule has 0 saturated heterocycles. The Morgan fingerprint density at radius 1 is 1.26 bits per heavy atom. The lowest BCUT2D eigenvalue weighted by molar-refractivity contribution is 0.0368. The molecule has 27 heavy (non-hydrogen) atoms. The van der Waals surface area contributed by atoms with Gasteiger partial charge in [0.25, 0.3) is 0 Å². The summed E-state index contributed by atoms with van der Waals surface area (Å²) >= 11 is 0. The van der Waals surface area contributed by atoms with Crippen LogP contribution in [0.4, 0.5) is 5.95 Å². The van der Waals surface area contributed by atoms with E-state index in [1.165, 1.54) is 19.3 Å². The minimum atomic E-state index is -0.946. The quantitative estimate of drug-likeness (QED) is 0.605. The van der Waals surface area contributed by atoms with Gasteiger partial charge in [0.2, 0.25) is 5.95 Å². The van der Waals surface area contributed by atoms with Crippen molar-refractivity contribution in [1.82, 2.24) is 15.0 Å². The third kappa shape index (κ3) is 3.67. The molecule has 1 fully saturated rings. The van der Waals surface area contributed by atoms with Crippen LogP contribution < -0.4 is 5.73 Å². The first-order valence-electron chi connectivity index (χ1n) is 9.48. The molecule has 1 aromatic carbocycles. The Balaban J connectivity index is 1.64. The number of nitrogen functional groups attached to an aromatic ring is 1. The van der Waals surface area contributed by atoms with Gasteiger partial charge in [0.15, 0.2) is 0 Å². The highest BCUT2D eigenvalue weighted by molar-refractivity contribution is 5.92. The number of H-pyrrole nitrogens is 1. The van der Waals surface area contributed by atoms with E-state index in [2.05, 4.69) is 26.8 Å². The van der Waals surface area contributed by atoms with Gasteiger partial charge < -0.3 is 15.8 Å². The number of aromatic nitrogens is 3. The molecule has 2 aromatic heterocycles. The molecule has 1 saturated carbocycles. The highest BCUT2D eigenvalue weighted by Crippen LogP contribution is 2.32. The van der Waals surface area contributed by atoms with Crippen LogP contribution in [-0.2, 0) is 0 Å². The predicted molar refractivity (Wildman–Crippen MR) is 108 cm³/mol. The maximum absolute atomic E-state index is 10.8. The summed E-state index contributed by atoms with van der Waals surface area (Å²) in [5, 5.41) is 10.8. The van der Waals surface area contributed by atoms with E-state index < -0.39 is 5.60 Å². The molecule has 2 heterocycles. The van der Waals surface area contributed by atoms with Crippen molar-refractivity contribution in [2.24, 2.45) is 5.92 Å². The van der Waals surface area contributed by atoms with Gasteiger partial charge in [0, 0.05) is 17.3 Å². The fourth-order valence-electron chi connectivity index (χ4n) is 3.87. The standard InChI is InChI=1S/C22H24N4O/c1-22(27,17-8-3-2-4-9-17)11-10-15-6-5-7-16(12-15)18-13-24-19-14-25-21(23)26-20(18)19/h5-7,12-14,17,24,27H,2-4,8-9H2,1H3,(H2,23,25,26). The highest BCUT2D eigenvalue weighted by atomic mass is 16.3. The van der Waals surface area contributed by atoms with E-state index in [4.69, 9.17) is 5.73 Å². The summed E-state index contributed by atoms with van der Waals surface area (Å²) < 4.78 is 0. The molecule has 4 rings (SSSR count). The van der Waals surface area contributed by atoms with Gasteiger partial charge in [-0.15, -0.1) is 0 Å². The summed E-state index contributed by atoms with van der Waals surface area (Å²) in [6, 6.07) is 7.97. The first-order chi connectivity index (χ1) is 13.0. The second-order valence-electron chi connectivity index (χ2n) is 7.51. The number of aliphatic hydroxyl groups is 1. The molecule has 0 aliphatic heterocycles. The van der Waals surface area contributed by atoms with Gasteiger partial charge in [-0.3, -0.25) is 0 Å². The fraction of sp³-hybridized carbons (Fsp3) is 0.364. The fourth-order valence-corrected chi connectivity index (χ4v) is 3.87. The molecule has 5 heteroatoms. The lowest BCUT2D eigenvalue weighted by atomic mass is 9.78. The SMILES string of the molecule is CC(O)(C#Cc1cccc(-c2c[nH]c3cnc(N)nc23)c1)C1CCCCC1. The van der Waals surface area contributed by atoms with Crippen molar-refractivity contribution >= 4 is 17.0 Å². The highest BCUT2D eigenvalue weighted by Gasteiger charge is 2.30. The van der Waals surface area contributed by atoms with Gasteiger partial charge in [-0.1, -0.05) is 43.2 Å². The van der Waals surface area contributed by atoms with Gasteiger partial charge in [0.1, 0.15) is 11.1 Å². The number of nitrogens with one attached hydrogen (secondary N) is 1. The van der Waals surface area contributed by atoms with Crippen LogP contribution in [0.2, 0.25) is 0 Å². The molecule has 0 spiro atoms. The van der Waals surface area contributed by atoms with Crippen LogP contribution in [-0.4, -0.2) is 25.7 Å². The zero-order valence-corrected chi connectivity index (χ0v) is 15.5. The predicted octanol–water partition coefficient (Wildman–Crippen LogP) is 3.89. The molecule has 0 radical (unpaired) electrons. The summed E-state index contributed by atoms with van der Waals surface area (Å²) in [5.74, 6) is 6.80. The molecule has 0 bridgehead atoms. The maximum Gasteiger partial charge on any atom is 0.220 e. The summed E-state index contributed by atoms with van der Waals surface area (Å²) in [6.07, 6.45) is 9.33. The number of aromatic amines is 1. The van der Waals surface area contributed by atoms with Gasteiger partial charge in [0.05, 0.1) is 11.7 Å². The lowest BCUT2D eigenvalue weighted by Crippen LogP contribution is -2.34. The Morgan fingerprint density at radius 2 is 2.07 bits per heavy atom. The Bertz CT molecular complexity index is 1020. The minimum absolute atomic E-state index is 0.253. The number of fused-ring (bicyclic) bond motifs is 1. The zero-order valence-electron chi connectivity index (χ0n) is 15.5. The monoisotopic (exact) mass is 360 g/mol. The lowest BCUT2D eigenvalue weighted by Gasteiger charge is -2.31. The Kier molecular flexibility index (Phi) is 4.59. The molecular weight excluding hydrogens is 336 g/mol. The van der Waals surface area contributed by atoms with Crippen LogP contribution in [0.1, 0.15) is 44.6 Å². The smallest absolute Gasteiger partial charge is 0.220 e. The van der Waals surface area contributed by atoms with Gasteiger partial charge >= 0.3 is 0 Å². The summed E-state index contributed by atoms with van der Waals surface area (Å²) in [5.41, 5.74) is 9.27. The molecule has 1 aliphatic carbocycles. The third-order valence-electron chi connectivity index (χ3n) is 5.47. The Hall–Kier alpha value is -2.84. The number of nitrogens with two attached hydrogens (primary N) is 1. The number of hydrogen-bond donors (Lipinski definition) is 3. The van der Waals surface area contributed by atoms with Crippen molar-refractivity contribution in [2.75, 3.05) is 5.73 Å². The van der Waals surface area contributed by atoms with Crippen molar-refractivity contribution in [1.29, 1.82) is 0 Å². The van der Waals surface area contributed by atoms with Gasteiger partial charge in [-0.05, 0) is 43.4 Å². The molecular formula is C22H24N4O. The van der Waals surface area contributed by atoms with Gasteiger partial charge in [-0.2, -0.15) is 0 Å². The van der Waals surface area contributed by atoms with E-state index in [0.717, 1.165) is 40.6 Å². The first kappa shape index (κ1) is 17.6. The molecule has 3 aromatic rings. The molecule has 138 valence electrons. The van der Waals surface area contributed by atoms with Crippen molar-refractivity contribution in [3.05, 3.63) is 42.2 Å². The maximum atomic E-state index is 10.8. The summed E-state index contributed by atoms with van der Waals surface area (Å²) in [6.45, 7) is 1.85. The van der Waals surface area contributed by atoms with Crippen LogP contribution in [0.15, 0.2) is 36.7 Å². The van der Waals surface area contributed by atoms with E-state index in [0.29, 0.717) is 0 Å². The van der Waals surface area contributed by atoms with E-state index in [1.54, 1.807) is 6.20 Å². The third-order valence-corrected chi connectivity index (χ3v) is 5.47. The number of hydrogen-bond acceptors (Lipinski definition) is 4. The van der Waals surface area contributed by atoms with Crippen molar-refractivity contribution in [3.63, 3.8) is 0 Å². The van der Waals surface area contributed by atoms with E-state index >= 15 is 0 Å². The average molecular weight is 360 g/mol. The van der Waals surface area contributed by atoms with Crippen LogP contribution in [0.25, 0.3) is 22.2 Å². The van der Waals surface area contributed by atoms with Crippen LogP contribution in [0.3, 0.4) is 0 Å². The molecule has 1 unspecified atom stereocenters. The molecule has 1 aliphatic rings. The minimum Gasteiger partial charge on any atom is -0.378 e. The topological polar surface area (TPSA) is 87.8 Å². The van der Waals surface area contributed by atoms with Crippen molar-refractivity contribution in [2.45, 2.75) is 44.6 Å². The second-order valence-corrected chi connectivity index (χ2v) is 7.51. The normalized spacial score (nSPS) is 17.3.